The number of furan rings is 1. The average Bonchev–Trinajstić information content (AvgIpc) is 2.86. The molecule has 0 atom stereocenters. The van der Waals surface area contributed by atoms with Crippen LogP contribution in [0.4, 0.5) is 8.78 Å². The number of fused-ring (bicyclic) bond motifs is 1. The van der Waals surface area contributed by atoms with Gasteiger partial charge < -0.3 is 14.9 Å². The third kappa shape index (κ3) is 2.48. The first-order valence-corrected chi connectivity index (χ1v) is 6.47. The van der Waals surface area contributed by atoms with Crippen LogP contribution in [-0.2, 0) is 13.2 Å². The highest BCUT2D eigenvalue weighted by Crippen LogP contribution is 2.27. The average molecular weight is 289 g/mol. The summed E-state index contributed by atoms with van der Waals surface area (Å²) in [7, 11) is 0. The van der Waals surface area contributed by atoms with Gasteiger partial charge in [-0.15, -0.1) is 0 Å². The van der Waals surface area contributed by atoms with Crippen molar-refractivity contribution in [3.63, 3.8) is 0 Å². The molecule has 3 rings (SSSR count). The number of rotatable bonds is 4. The van der Waals surface area contributed by atoms with Crippen LogP contribution >= 0.6 is 0 Å². The van der Waals surface area contributed by atoms with Gasteiger partial charge in [-0.2, -0.15) is 4.39 Å². The van der Waals surface area contributed by atoms with E-state index in [-0.39, 0.29) is 18.9 Å². The molecule has 0 amide bonds. The quantitative estimate of drug-likeness (QED) is 0.795. The molecule has 0 aliphatic rings. The van der Waals surface area contributed by atoms with E-state index >= 15 is 0 Å². The molecule has 0 radical (unpaired) electrons. The maximum absolute atomic E-state index is 13.5. The Kier molecular flexibility index (Phi) is 3.58. The number of halogens is 2. The van der Waals surface area contributed by atoms with Gasteiger partial charge in [-0.05, 0) is 18.2 Å². The van der Waals surface area contributed by atoms with Gasteiger partial charge in [0, 0.05) is 17.5 Å². The highest BCUT2D eigenvalue weighted by atomic mass is 19.2. The SMILES string of the molecule is NCc1c(COc2cccc(F)c2F)oc2ccccc12. The van der Waals surface area contributed by atoms with Crippen LogP contribution in [-0.4, -0.2) is 0 Å². The highest BCUT2D eigenvalue weighted by Gasteiger charge is 2.15. The van der Waals surface area contributed by atoms with E-state index in [9.17, 15) is 8.78 Å². The van der Waals surface area contributed by atoms with Crippen LogP contribution in [0.15, 0.2) is 46.9 Å². The molecule has 3 nitrogen and oxygen atoms in total. The minimum absolute atomic E-state index is 0.0123. The van der Waals surface area contributed by atoms with Gasteiger partial charge >= 0.3 is 0 Å². The number of hydrogen-bond donors (Lipinski definition) is 1. The van der Waals surface area contributed by atoms with Crippen LogP contribution in [0.2, 0.25) is 0 Å². The summed E-state index contributed by atoms with van der Waals surface area (Å²) in [6.45, 7) is 0.267. The van der Waals surface area contributed by atoms with Gasteiger partial charge in [0.25, 0.3) is 0 Å². The van der Waals surface area contributed by atoms with Crippen LogP contribution in [0.5, 0.6) is 5.75 Å². The lowest BCUT2D eigenvalue weighted by molar-refractivity contribution is 0.256. The normalized spacial score (nSPS) is 11.0. The fourth-order valence-corrected chi connectivity index (χ4v) is 2.23. The van der Waals surface area contributed by atoms with Crippen molar-refractivity contribution in [2.24, 2.45) is 5.73 Å². The molecule has 108 valence electrons. The maximum atomic E-state index is 13.5. The highest BCUT2D eigenvalue weighted by molar-refractivity contribution is 5.82. The fraction of sp³-hybridized carbons (Fsp3) is 0.125. The molecule has 0 saturated carbocycles. The minimum atomic E-state index is -1.01. The van der Waals surface area contributed by atoms with E-state index in [1.807, 2.05) is 24.3 Å². The second-order valence-corrected chi connectivity index (χ2v) is 4.54. The van der Waals surface area contributed by atoms with Gasteiger partial charge in [0.1, 0.15) is 18.0 Å². The molecule has 0 spiro atoms. The Hall–Kier alpha value is -2.40. The van der Waals surface area contributed by atoms with E-state index in [2.05, 4.69) is 0 Å². The lowest BCUT2D eigenvalue weighted by Gasteiger charge is -2.06. The molecule has 0 aliphatic heterocycles. The Balaban J connectivity index is 1.90. The number of ether oxygens (including phenoxy) is 1. The Morgan fingerprint density at radius 2 is 1.86 bits per heavy atom. The second kappa shape index (κ2) is 5.54. The van der Waals surface area contributed by atoms with Gasteiger partial charge in [-0.3, -0.25) is 0 Å². The van der Waals surface area contributed by atoms with Crippen LogP contribution in [0.3, 0.4) is 0 Å². The third-order valence-electron chi connectivity index (χ3n) is 3.26. The summed E-state index contributed by atoms with van der Waals surface area (Å²) >= 11 is 0. The summed E-state index contributed by atoms with van der Waals surface area (Å²) < 4.78 is 37.6. The Bertz CT molecular complexity index is 783. The largest absolute Gasteiger partial charge is 0.482 e. The molecular formula is C16H13F2NO2. The van der Waals surface area contributed by atoms with Crippen molar-refractivity contribution in [3.8, 4) is 5.75 Å². The molecule has 0 aliphatic carbocycles. The van der Waals surface area contributed by atoms with Crippen molar-refractivity contribution >= 4 is 11.0 Å². The van der Waals surface area contributed by atoms with Gasteiger partial charge in [0.2, 0.25) is 5.82 Å². The molecular weight excluding hydrogens is 276 g/mol. The minimum Gasteiger partial charge on any atom is -0.482 e. The lowest BCUT2D eigenvalue weighted by atomic mass is 10.1. The van der Waals surface area contributed by atoms with Gasteiger partial charge in [-0.25, -0.2) is 4.39 Å². The van der Waals surface area contributed by atoms with Crippen LogP contribution in [0.1, 0.15) is 11.3 Å². The summed E-state index contributed by atoms with van der Waals surface area (Å²) in [5.41, 5.74) is 7.23. The third-order valence-corrected chi connectivity index (χ3v) is 3.26. The fourth-order valence-electron chi connectivity index (χ4n) is 2.23. The van der Waals surface area contributed by atoms with Crippen LogP contribution in [0, 0.1) is 11.6 Å². The smallest absolute Gasteiger partial charge is 0.200 e. The van der Waals surface area contributed by atoms with E-state index in [1.165, 1.54) is 12.1 Å². The summed E-state index contributed by atoms with van der Waals surface area (Å²) in [4.78, 5) is 0. The number of hydrogen-bond acceptors (Lipinski definition) is 3. The van der Waals surface area contributed by atoms with Crippen molar-refractivity contribution in [3.05, 3.63) is 65.4 Å². The molecule has 5 heteroatoms. The maximum Gasteiger partial charge on any atom is 0.200 e. The zero-order valence-electron chi connectivity index (χ0n) is 11.1. The first kappa shape index (κ1) is 13.6. The van der Waals surface area contributed by atoms with E-state index < -0.39 is 11.6 Å². The van der Waals surface area contributed by atoms with Crippen LogP contribution in [0.25, 0.3) is 11.0 Å². The Morgan fingerprint density at radius 3 is 2.67 bits per heavy atom. The van der Waals surface area contributed by atoms with Crippen molar-refractivity contribution in [1.29, 1.82) is 0 Å². The predicted octanol–water partition coefficient (Wildman–Crippen LogP) is 3.75. The molecule has 3 aromatic rings. The van der Waals surface area contributed by atoms with E-state index in [0.29, 0.717) is 11.3 Å². The topological polar surface area (TPSA) is 48.4 Å². The molecule has 2 N–H and O–H groups in total. The van der Waals surface area contributed by atoms with Crippen molar-refractivity contribution in [2.45, 2.75) is 13.2 Å². The van der Waals surface area contributed by atoms with Crippen molar-refractivity contribution < 1.29 is 17.9 Å². The monoisotopic (exact) mass is 289 g/mol. The Morgan fingerprint density at radius 1 is 1.05 bits per heavy atom. The molecule has 21 heavy (non-hydrogen) atoms. The molecule has 1 heterocycles. The van der Waals surface area contributed by atoms with Crippen LogP contribution < -0.4 is 10.5 Å². The summed E-state index contributed by atoms with van der Waals surface area (Å²) in [6, 6.07) is 11.2. The number of para-hydroxylation sites is 1. The molecule has 0 bridgehead atoms. The summed E-state index contributed by atoms with van der Waals surface area (Å²) in [6.07, 6.45) is 0. The Labute approximate surface area is 119 Å². The zero-order valence-corrected chi connectivity index (χ0v) is 11.1. The van der Waals surface area contributed by atoms with E-state index in [0.717, 1.165) is 17.0 Å². The molecule has 2 aromatic carbocycles. The summed E-state index contributed by atoms with van der Waals surface area (Å²) in [5, 5.41) is 0.901. The first-order chi connectivity index (χ1) is 10.2. The standard InChI is InChI=1S/C16H13F2NO2/c17-12-5-3-7-14(16(12)18)20-9-15-11(8-19)10-4-1-2-6-13(10)21-15/h1-7H,8-9,19H2. The van der Waals surface area contributed by atoms with Gasteiger partial charge in [-0.1, -0.05) is 24.3 Å². The summed E-state index contributed by atoms with van der Waals surface area (Å²) in [5.74, 6) is -1.60. The molecule has 0 unspecified atom stereocenters. The molecule has 1 aromatic heterocycles. The van der Waals surface area contributed by atoms with Gasteiger partial charge in [0.05, 0.1) is 0 Å². The van der Waals surface area contributed by atoms with Gasteiger partial charge in [0.15, 0.2) is 11.6 Å². The zero-order chi connectivity index (χ0) is 14.8. The second-order valence-electron chi connectivity index (χ2n) is 4.54. The van der Waals surface area contributed by atoms with E-state index in [1.54, 1.807) is 0 Å². The first-order valence-electron chi connectivity index (χ1n) is 6.47. The van der Waals surface area contributed by atoms with E-state index in [4.69, 9.17) is 14.9 Å². The molecule has 0 fully saturated rings. The van der Waals surface area contributed by atoms with Crippen molar-refractivity contribution in [2.75, 3.05) is 0 Å². The van der Waals surface area contributed by atoms with Crippen molar-refractivity contribution in [1.82, 2.24) is 0 Å². The number of benzene rings is 2. The molecule has 0 saturated heterocycles. The number of nitrogens with two attached hydrogens (primary N) is 1. The predicted molar refractivity (Wildman–Crippen MR) is 74.8 cm³/mol. The lowest BCUT2D eigenvalue weighted by Crippen LogP contribution is -2.03.